The zero-order valence-electron chi connectivity index (χ0n) is 17.8. The molecule has 1 heterocycles. The first-order valence-corrected chi connectivity index (χ1v) is 11.3. The van der Waals surface area contributed by atoms with E-state index in [2.05, 4.69) is 9.71 Å². The topological polar surface area (TPSA) is 123 Å². The zero-order valence-corrected chi connectivity index (χ0v) is 18.6. The van der Waals surface area contributed by atoms with Crippen molar-refractivity contribution in [3.63, 3.8) is 0 Å². The minimum atomic E-state index is -5.42. The average Bonchev–Trinajstić information content (AvgIpc) is 2.74. The predicted octanol–water partition coefficient (Wildman–Crippen LogP) is 3.91. The first-order valence-electron chi connectivity index (χ1n) is 9.82. The summed E-state index contributed by atoms with van der Waals surface area (Å²) < 4.78 is 72.6. The van der Waals surface area contributed by atoms with Crippen LogP contribution >= 0.6 is 0 Å². The summed E-state index contributed by atoms with van der Waals surface area (Å²) in [5, 5.41) is 10.7. The molecule has 0 radical (unpaired) electrons. The van der Waals surface area contributed by atoms with Gasteiger partial charge in [0, 0.05) is 22.8 Å². The van der Waals surface area contributed by atoms with Crippen molar-refractivity contribution in [3.8, 4) is 5.75 Å². The molecule has 2 aromatic carbocycles. The number of benzene rings is 2. The van der Waals surface area contributed by atoms with Gasteiger partial charge in [-0.15, -0.1) is 0 Å². The van der Waals surface area contributed by atoms with Gasteiger partial charge >= 0.3 is 12.1 Å². The Balaban J connectivity index is 2.06. The Morgan fingerprint density at radius 1 is 1.09 bits per heavy atom. The van der Waals surface area contributed by atoms with Crippen LogP contribution in [0.5, 0.6) is 5.75 Å². The third kappa shape index (κ3) is 5.28. The van der Waals surface area contributed by atoms with Gasteiger partial charge in [-0.25, -0.2) is 8.42 Å². The average molecular weight is 496 g/mol. The smallest absolute Gasteiger partial charge is 0.451 e. The largest absolute Gasteiger partial charge is 0.508 e. The summed E-state index contributed by atoms with van der Waals surface area (Å²) in [7, 11) is -4.30. The highest BCUT2D eigenvalue weighted by Gasteiger charge is 2.48. The van der Waals surface area contributed by atoms with E-state index in [0.29, 0.717) is 5.39 Å². The Morgan fingerprint density at radius 3 is 2.41 bits per heavy atom. The Kier molecular flexibility index (Phi) is 6.82. The number of nitrogens with one attached hydrogen (secondary N) is 1. The van der Waals surface area contributed by atoms with Crippen molar-refractivity contribution < 1.29 is 41.0 Å². The molecular formula is C22H19F3N2O6S. The number of rotatable bonds is 7. The first kappa shape index (κ1) is 25.0. The number of carbonyl (C=O) groups excluding carboxylic acids is 2. The molecule has 0 aliphatic carbocycles. The highest BCUT2D eigenvalue weighted by atomic mass is 32.2. The van der Waals surface area contributed by atoms with Crippen molar-refractivity contribution >= 4 is 38.4 Å². The van der Waals surface area contributed by atoms with E-state index < -0.39 is 51.3 Å². The summed E-state index contributed by atoms with van der Waals surface area (Å²) in [6.45, 7) is 2.74. The number of ketones is 1. The number of anilines is 1. The number of esters is 1. The zero-order chi connectivity index (χ0) is 25.3. The summed E-state index contributed by atoms with van der Waals surface area (Å²) >= 11 is 0. The number of hydrogen-bond acceptors (Lipinski definition) is 7. The first-order chi connectivity index (χ1) is 15.8. The Hall–Kier alpha value is -3.67. The second-order valence-corrected chi connectivity index (χ2v) is 9.14. The molecule has 3 aromatic rings. The number of fused-ring (bicyclic) bond motifs is 1. The minimum Gasteiger partial charge on any atom is -0.508 e. The number of nitrogens with zero attached hydrogens (tertiary/aromatic N) is 1. The number of phenols is 1. The van der Waals surface area contributed by atoms with Crippen LogP contribution in [-0.2, 0) is 24.3 Å². The van der Waals surface area contributed by atoms with Gasteiger partial charge in [-0.2, -0.15) is 13.2 Å². The van der Waals surface area contributed by atoms with Crippen molar-refractivity contribution in [2.45, 2.75) is 36.9 Å². The standard InChI is InChI=1S/C22H19F3N2O6S/c1-12(2)33-21(30)18(20(29)22(23,24)25)15-11-14(8-9-16(15)28)27-34(31,32)17-7-3-5-13-6-4-10-26-19(13)17/h3-12,18,27-28H,1-2H3/t18-/m0/s1. The SMILES string of the molecule is CC(C)OC(=O)[C@H](C(=O)C(F)(F)F)c1cc(NS(=O)(=O)c2cccc3cccnc23)ccc1O. The van der Waals surface area contributed by atoms with Crippen LogP contribution in [0.4, 0.5) is 18.9 Å². The molecule has 3 rings (SSSR count). The van der Waals surface area contributed by atoms with Gasteiger partial charge in [0.05, 0.1) is 11.6 Å². The van der Waals surface area contributed by atoms with E-state index in [4.69, 9.17) is 4.74 Å². The summed E-state index contributed by atoms with van der Waals surface area (Å²) in [6, 6.07) is 10.4. The quantitative estimate of drug-likeness (QED) is 0.289. The number of aromatic hydroxyl groups is 1. The number of ether oxygens (including phenoxy) is 1. The Labute approximate surface area is 192 Å². The van der Waals surface area contributed by atoms with Crippen molar-refractivity contribution in [2.24, 2.45) is 0 Å². The van der Waals surface area contributed by atoms with Gasteiger partial charge in [0.25, 0.3) is 15.8 Å². The number of pyridine rings is 1. The number of aromatic nitrogens is 1. The molecule has 0 bridgehead atoms. The number of carbonyl (C=O) groups is 2. The molecule has 0 amide bonds. The lowest BCUT2D eigenvalue weighted by Gasteiger charge is -2.20. The van der Waals surface area contributed by atoms with Gasteiger partial charge in [0.2, 0.25) is 0 Å². The molecule has 1 aromatic heterocycles. The highest BCUT2D eigenvalue weighted by Crippen LogP contribution is 2.36. The maximum Gasteiger partial charge on any atom is 0.451 e. The maximum absolute atomic E-state index is 13.2. The van der Waals surface area contributed by atoms with Crippen molar-refractivity contribution in [2.75, 3.05) is 4.72 Å². The third-order valence-electron chi connectivity index (χ3n) is 4.61. The molecular weight excluding hydrogens is 477 g/mol. The lowest BCUT2D eigenvalue weighted by molar-refractivity contribution is -0.178. The fraction of sp³-hybridized carbons (Fsp3) is 0.227. The lowest BCUT2D eigenvalue weighted by atomic mass is 9.93. The molecule has 180 valence electrons. The molecule has 0 saturated carbocycles. The van der Waals surface area contributed by atoms with E-state index in [1.54, 1.807) is 18.2 Å². The Morgan fingerprint density at radius 2 is 1.76 bits per heavy atom. The third-order valence-corrected chi connectivity index (χ3v) is 6.02. The van der Waals surface area contributed by atoms with Crippen LogP contribution in [0.2, 0.25) is 0 Å². The van der Waals surface area contributed by atoms with E-state index in [1.807, 2.05) is 0 Å². The number of sulfonamides is 1. The molecule has 8 nitrogen and oxygen atoms in total. The molecule has 1 atom stereocenters. The van der Waals surface area contributed by atoms with E-state index in [1.165, 1.54) is 32.2 Å². The molecule has 12 heteroatoms. The fourth-order valence-corrected chi connectivity index (χ4v) is 4.42. The van der Waals surface area contributed by atoms with Gasteiger partial charge < -0.3 is 9.84 Å². The van der Waals surface area contributed by atoms with Crippen molar-refractivity contribution in [3.05, 3.63) is 60.3 Å². The number of phenolic OH excluding ortho intramolecular Hbond substituents is 1. The number of alkyl halides is 3. The van der Waals surface area contributed by atoms with Crippen LogP contribution in [0, 0.1) is 0 Å². The van der Waals surface area contributed by atoms with E-state index in [9.17, 15) is 36.3 Å². The monoisotopic (exact) mass is 496 g/mol. The van der Waals surface area contributed by atoms with Gasteiger partial charge in [0.1, 0.15) is 10.6 Å². The second kappa shape index (κ2) is 9.29. The molecule has 0 saturated heterocycles. The van der Waals surface area contributed by atoms with Crippen LogP contribution in [0.1, 0.15) is 25.3 Å². The van der Waals surface area contributed by atoms with Crippen LogP contribution in [0.15, 0.2) is 59.6 Å². The van der Waals surface area contributed by atoms with E-state index in [0.717, 1.165) is 18.2 Å². The van der Waals surface area contributed by atoms with E-state index >= 15 is 0 Å². The Bertz CT molecular complexity index is 1350. The van der Waals surface area contributed by atoms with Gasteiger partial charge in [-0.1, -0.05) is 18.2 Å². The van der Waals surface area contributed by atoms with E-state index in [-0.39, 0.29) is 16.1 Å². The second-order valence-electron chi connectivity index (χ2n) is 7.49. The molecule has 0 aliphatic rings. The van der Waals surface area contributed by atoms with Crippen molar-refractivity contribution in [1.82, 2.24) is 4.98 Å². The number of hydrogen-bond donors (Lipinski definition) is 2. The number of halogens is 3. The van der Waals surface area contributed by atoms with Crippen LogP contribution < -0.4 is 4.72 Å². The van der Waals surface area contributed by atoms with Crippen LogP contribution in [0.3, 0.4) is 0 Å². The van der Waals surface area contributed by atoms with Gasteiger partial charge in [-0.05, 0) is 44.2 Å². The molecule has 0 fully saturated rings. The molecule has 0 spiro atoms. The normalized spacial score (nSPS) is 13.0. The summed E-state index contributed by atoms with van der Waals surface area (Å²) in [4.78, 5) is 28.2. The molecule has 2 N–H and O–H groups in total. The van der Waals surface area contributed by atoms with Crippen LogP contribution in [-0.4, -0.2) is 42.5 Å². The number of para-hydroxylation sites is 1. The highest BCUT2D eigenvalue weighted by molar-refractivity contribution is 7.93. The van der Waals surface area contributed by atoms with Crippen molar-refractivity contribution in [1.29, 1.82) is 0 Å². The fourth-order valence-electron chi connectivity index (χ4n) is 3.19. The minimum absolute atomic E-state index is 0.155. The molecule has 0 aliphatic heterocycles. The van der Waals surface area contributed by atoms with Crippen LogP contribution in [0.25, 0.3) is 10.9 Å². The van der Waals surface area contributed by atoms with Gasteiger partial charge in [-0.3, -0.25) is 19.3 Å². The van der Waals surface area contributed by atoms with Gasteiger partial charge in [0.15, 0.2) is 5.92 Å². The molecule has 0 unspecified atom stereocenters. The number of Topliss-reactive ketones (excluding diaryl/α,β-unsaturated/α-hetero) is 1. The summed E-state index contributed by atoms with van der Waals surface area (Å²) in [5.41, 5.74) is -0.899. The summed E-state index contributed by atoms with van der Waals surface area (Å²) in [5.74, 6) is -7.37. The predicted molar refractivity (Wildman–Crippen MR) is 116 cm³/mol. The summed E-state index contributed by atoms with van der Waals surface area (Å²) in [6.07, 6.45) is -4.87. The molecule has 34 heavy (non-hydrogen) atoms. The maximum atomic E-state index is 13.2. The lowest BCUT2D eigenvalue weighted by Crippen LogP contribution is -2.35.